The number of aryl methyl sites for hydroxylation is 1. The zero-order valence-corrected chi connectivity index (χ0v) is 14.3. The first-order chi connectivity index (χ1) is 9.50. The Kier molecular flexibility index (Phi) is 5.39. The molecule has 0 unspecified atom stereocenters. The molecular formula is C15H24N2O3S. The molecule has 0 saturated carbocycles. The van der Waals surface area contributed by atoms with E-state index in [9.17, 15) is 9.59 Å². The van der Waals surface area contributed by atoms with Crippen LogP contribution in [-0.4, -0.2) is 29.7 Å². The van der Waals surface area contributed by atoms with Gasteiger partial charge in [-0.25, -0.2) is 4.79 Å². The van der Waals surface area contributed by atoms with Gasteiger partial charge in [0.25, 0.3) is 5.91 Å². The molecule has 5 nitrogen and oxygen atoms in total. The number of carbonyl (C=O) groups excluding carboxylic acids is 2. The highest BCUT2D eigenvalue weighted by molar-refractivity contribution is 7.12. The Morgan fingerprint density at radius 2 is 1.86 bits per heavy atom. The van der Waals surface area contributed by atoms with Crippen molar-refractivity contribution in [2.45, 2.75) is 52.7 Å². The third-order valence-electron chi connectivity index (χ3n) is 2.60. The number of rotatable bonds is 4. The van der Waals surface area contributed by atoms with Gasteiger partial charge in [0.2, 0.25) is 0 Å². The van der Waals surface area contributed by atoms with Crippen molar-refractivity contribution in [3.05, 3.63) is 21.9 Å². The smallest absolute Gasteiger partial charge is 0.408 e. The van der Waals surface area contributed by atoms with Gasteiger partial charge < -0.3 is 15.4 Å². The molecule has 118 valence electrons. The van der Waals surface area contributed by atoms with Crippen molar-refractivity contribution in [3.63, 3.8) is 0 Å². The molecule has 0 aromatic carbocycles. The van der Waals surface area contributed by atoms with E-state index in [0.717, 1.165) is 5.56 Å². The zero-order valence-electron chi connectivity index (χ0n) is 13.5. The van der Waals surface area contributed by atoms with Crippen LogP contribution < -0.4 is 10.6 Å². The largest absolute Gasteiger partial charge is 0.444 e. The van der Waals surface area contributed by atoms with Crippen molar-refractivity contribution in [2.75, 3.05) is 6.54 Å². The number of hydrogen-bond acceptors (Lipinski definition) is 4. The average molecular weight is 312 g/mol. The summed E-state index contributed by atoms with van der Waals surface area (Å²) < 4.78 is 5.21. The van der Waals surface area contributed by atoms with Gasteiger partial charge in [0.1, 0.15) is 5.60 Å². The highest BCUT2D eigenvalue weighted by Gasteiger charge is 2.25. The van der Waals surface area contributed by atoms with E-state index in [1.54, 1.807) is 20.8 Å². The summed E-state index contributed by atoms with van der Waals surface area (Å²) in [7, 11) is 0. The number of amides is 2. The Morgan fingerprint density at radius 3 is 2.33 bits per heavy atom. The minimum atomic E-state index is -0.594. The molecule has 0 aliphatic rings. The Labute approximate surface area is 130 Å². The quantitative estimate of drug-likeness (QED) is 0.897. The summed E-state index contributed by atoms with van der Waals surface area (Å²) in [4.78, 5) is 24.5. The summed E-state index contributed by atoms with van der Waals surface area (Å²) in [5.41, 5.74) is -0.184. The van der Waals surface area contributed by atoms with Gasteiger partial charge in [-0.1, -0.05) is 0 Å². The van der Waals surface area contributed by atoms with Crippen LogP contribution in [0.15, 0.2) is 11.4 Å². The Hall–Kier alpha value is -1.56. The molecule has 1 rings (SSSR count). The molecule has 1 aromatic rings. The number of thiophene rings is 1. The Balaban J connectivity index is 2.51. The van der Waals surface area contributed by atoms with Crippen LogP contribution in [0.2, 0.25) is 0 Å². The van der Waals surface area contributed by atoms with E-state index in [-0.39, 0.29) is 5.91 Å². The lowest BCUT2D eigenvalue weighted by atomic mass is 10.1. The van der Waals surface area contributed by atoms with Gasteiger partial charge in [-0.15, -0.1) is 11.3 Å². The third-order valence-corrected chi connectivity index (χ3v) is 3.61. The van der Waals surface area contributed by atoms with Gasteiger partial charge in [0.15, 0.2) is 0 Å². The van der Waals surface area contributed by atoms with Gasteiger partial charge in [-0.3, -0.25) is 4.79 Å². The summed E-state index contributed by atoms with van der Waals surface area (Å²) in [5.74, 6) is -0.124. The Morgan fingerprint density at radius 1 is 1.24 bits per heavy atom. The minimum Gasteiger partial charge on any atom is -0.444 e. The summed E-state index contributed by atoms with van der Waals surface area (Å²) in [6, 6.07) is 1.91. The minimum absolute atomic E-state index is 0.124. The molecule has 2 amide bonds. The predicted octanol–water partition coefficient (Wildman–Crippen LogP) is 3.09. The maximum atomic E-state index is 12.0. The topological polar surface area (TPSA) is 67.4 Å². The van der Waals surface area contributed by atoms with Gasteiger partial charge >= 0.3 is 6.09 Å². The molecule has 1 heterocycles. The van der Waals surface area contributed by atoms with Crippen LogP contribution in [0.4, 0.5) is 4.79 Å². The first-order valence-corrected chi connectivity index (χ1v) is 7.72. The van der Waals surface area contributed by atoms with E-state index in [4.69, 9.17) is 4.74 Å². The van der Waals surface area contributed by atoms with Gasteiger partial charge in [-0.2, -0.15) is 0 Å². The van der Waals surface area contributed by atoms with E-state index < -0.39 is 17.2 Å². The zero-order chi connectivity index (χ0) is 16.3. The number of hydrogen-bond donors (Lipinski definition) is 2. The molecule has 21 heavy (non-hydrogen) atoms. The van der Waals surface area contributed by atoms with Gasteiger partial charge in [-0.05, 0) is 58.6 Å². The van der Waals surface area contributed by atoms with E-state index >= 15 is 0 Å². The highest BCUT2D eigenvalue weighted by Crippen LogP contribution is 2.15. The van der Waals surface area contributed by atoms with Crippen LogP contribution >= 0.6 is 11.3 Å². The van der Waals surface area contributed by atoms with Crippen molar-refractivity contribution in [3.8, 4) is 0 Å². The van der Waals surface area contributed by atoms with Gasteiger partial charge in [0.05, 0.1) is 10.4 Å². The van der Waals surface area contributed by atoms with Crippen molar-refractivity contribution >= 4 is 23.3 Å². The third kappa shape index (κ3) is 6.16. The fourth-order valence-electron chi connectivity index (χ4n) is 1.61. The van der Waals surface area contributed by atoms with Crippen LogP contribution in [0, 0.1) is 6.92 Å². The lowest BCUT2D eigenvalue weighted by molar-refractivity contribution is 0.0469. The summed E-state index contributed by atoms with van der Waals surface area (Å²) in [5, 5.41) is 7.47. The van der Waals surface area contributed by atoms with E-state index in [0.29, 0.717) is 11.4 Å². The predicted molar refractivity (Wildman–Crippen MR) is 84.8 cm³/mol. The fraction of sp³-hybridized carbons (Fsp3) is 0.600. The SMILES string of the molecule is Cc1ccsc1C(=O)NCC(C)(C)NC(=O)OC(C)(C)C. The second-order valence-electron chi connectivity index (χ2n) is 6.63. The first-order valence-electron chi connectivity index (χ1n) is 6.84. The second-order valence-corrected chi connectivity index (χ2v) is 7.54. The number of alkyl carbamates (subject to hydrolysis) is 1. The van der Waals surface area contributed by atoms with E-state index in [1.807, 2.05) is 32.2 Å². The summed E-state index contributed by atoms with van der Waals surface area (Å²) in [6.45, 7) is 11.3. The molecule has 6 heteroatoms. The molecule has 0 bridgehead atoms. The molecule has 1 aromatic heterocycles. The number of ether oxygens (including phenoxy) is 1. The second kappa shape index (κ2) is 6.47. The van der Waals surface area contributed by atoms with Crippen molar-refractivity contribution < 1.29 is 14.3 Å². The molecule has 0 saturated heterocycles. The number of nitrogens with one attached hydrogen (secondary N) is 2. The monoisotopic (exact) mass is 312 g/mol. The molecular weight excluding hydrogens is 288 g/mol. The number of carbonyl (C=O) groups is 2. The van der Waals surface area contributed by atoms with Crippen molar-refractivity contribution in [1.82, 2.24) is 10.6 Å². The maximum Gasteiger partial charge on any atom is 0.408 e. The van der Waals surface area contributed by atoms with Gasteiger partial charge in [0, 0.05) is 6.54 Å². The summed E-state index contributed by atoms with van der Waals surface area (Å²) in [6.07, 6.45) is -0.492. The van der Waals surface area contributed by atoms with Crippen LogP contribution in [0.3, 0.4) is 0 Å². The average Bonchev–Trinajstić information content (AvgIpc) is 2.69. The van der Waals surface area contributed by atoms with Crippen molar-refractivity contribution in [2.24, 2.45) is 0 Å². The first kappa shape index (κ1) is 17.5. The molecule has 0 atom stereocenters. The molecule has 0 aliphatic carbocycles. The molecule has 0 aliphatic heterocycles. The fourth-order valence-corrected chi connectivity index (χ4v) is 2.45. The maximum absolute atomic E-state index is 12.0. The molecule has 0 spiro atoms. The standard InChI is InChI=1S/C15H24N2O3S/c1-10-7-8-21-11(10)12(18)16-9-15(5,6)17-13(19)20-14(2,3)4/h7-8H,9H2,1-6H3,(H,16,18)(H,17,19). The summed E-state index contributed by atoms with van der Waals surface area (Å²) >= 11 is 1.41. The lowest BCUT2D eigenvalue weighted by Gasteiger charge is -2.28. The van der Waals surface area contributed by atoms with Crippen LogP contribution in [0.25, 0.3) is 0 Å². The van der Waals surface area contributed by atoms with Crippen LogP contribution in [-0.2, 0) is 4.74 Å². The highest BCUT2D eigenvalue weighted by atomic mass is 32.1. The van der Waals surface area contributed by atoms with Crippen molar-refractivity contribution in [1.29, 1.82) is 0 Å². The molecule has 0 fully saturated rings. The van der Waals surface area contributed by atoms with E-state index in [2.05, 4.69) is 10.6 Å². The van der Waals surface area contributed by atoms with Crippen LogP contribution in [0.5, 0.6) is 0 Å². The van der Waals surface area contributed by atoms with E-state index in [1.165, 1.54) is 11.3 Å². The molecule has 2 N–H and O–H groups in total. The normalized spacial score (nSPS) is 11.9. The molecule has 0 radical (unpaired) electrons. The lowest BCUT2D eigenvalue weighted by Crippen LogP contribution is -2.52. The Bertz CT molecular complexity index is 515. The van der Waals surface area contributed by atoms with Crippen LogP contribution in [0.1, 0.15) is 49.9 Å².